The van der Waals surface area contributed by atoms with Crippen LogP contribution in [0.3, 0.4) is 0 Å². The number of carbonyl (C=O) groups is 2. The number of carbonyl (C=O) groups excluding carboxylic acids is 2. The van der Waals surface area contributed by atoms with Gasteiger partial charge in [-0.15, -0.1) is 0 Å². The summed E-state index contributed by atoms with van der Waals surface area (Å²) in [5.74, 6) is -0.0961. The number of halogens is 2. The summed E-state index contributed by atoms with van der Waals surface area (Å²) >= 11 is 13.9. The average Bonchev–Trinajstić information content (AvgIpc) is 3.45. The van der Waals surface area contributed by atoms with E-state index in [0.29, 0.717) is 33.3 Å². The van der Waals surface area contributed by atoms with Crippen LogP contribution in [0.25, 0.3) is 22.4 Å². The number of methoxy groups -OCH3 is 1. The second-order valence-corrected chi connectivity index (χ2v) is 13.6. The minimum absolute atomic E-state index is 0.136. The first-order valence-electron chi connectivity index (χ1n) is 15.5. The minimum Gasteiger partial charge on any atom is -0.481 e. The van der Waals surface area contributed by atoms with E-state index in [4.69, 9.17) is 32.9 Å². The Balaban J connectivity index is 1.16. The van der Waals surface area contributed by atoms with E-state index in [1.807, 2.05) is 23.1 Å². The summed E-state index contributed by atoms with van der Waals surface area (Å²) in [5, 5.41) is 7.12. The molecule has 2 aromatic carbocycles. The molecule has 1 N–H and O–H groups in total. The highest BCUT2D eigenvalue weighted by molar-refractivity contribution is 6.39. The molecule has 48 heavy (non-hydrogen) atoms. The highest BCUT2D eigenvalue weighted by atomic mass is 35.5. The van der Waals surface area contributed by atoms with Crippen molar-refractivity contribution in [3.05, 3.63) is 90.2 Å². The van der Waals surface area contributed by atoms with Crippen LogP contribution in [0.2, 0.25) is 10.0 Å². The van der Waals surface area contributed by atoms with Crippen LogP contribution < -0.4 is 21.3 Å². The predicted octanol–water partition coefficient (Wildman–Crippen LogP) is 3.93. The number of fused-ring (bicyclic) bond motifs is 1. The maximum absolute atomic E-state index is 13.1. The number of hydrogen-bond acceptors (Lipinski definition) is 8. The first kappa shape index (κ1) is 32.0. The molecule has 4 aromatic rings. The molecule has 248 valence electrons. The lowest BCUT2D eigenvalue weighted by atomic mass is 9.72. The van der Waals surface area contributed by atoms with E-state index in [9.17, 15) is 19.2 Å². The Labute approximate surface area is 285 Å². The van der Waals surface area contributed by atoms with E-state index in [1.165, 1.54) is 19.7 Å². The van der Waals surface area contributed by atoms with Gasteiger partial charge in [0.05, 0.1) is 28.5 Å². The van der Waals surface area contributed by atoms with Gasteiger partial charge in [0.25, 0.3) is 11.5 Å². The number of nitrogens with one attached hydrogen (secondary N) is 1. The van der Waals surface area contributed by atoms with Crippen molar-refractivity contribution in [1.82, 2.24) is 29.1 Å². The minimum atomic E-state index is -0.824. The molecule has 1 aliphatic carbocycles. The van der Waals surface area contributed by atoms with Crippen LogP contribution in [0.4, 0.5) is 5.69 Å². The molecule has 0 bridgehead atoms. The van der Waals surface area contributed by atoms with Gasteiger partial charge in [0.2, 0.25) is 17.5 Å². The van der Waals surface area contributed by atoms with Crippen LogP contribution in [-0.4, -0.2) is 74.2 Å². The lowest BCUT2D eigenvalue weighted by molar-refractivity contribution is -0.161. The first-order valence-corrected chi connectivity index (χ1v) is 16.3. The summed E-state index contributed by atoms with van der Waals surface area (Å²) in [4.78, 5) is 58.7. The molecule has 0 radical (unpaired) electrons. The molecular formula is C34H33Cl2N7O5. The second-order valence-electron chi connectivity index (χ2n) is 12.8. The zero-order chi connectivity index (χ0) is 34.1. The van der Waals surface area contributed by atoms with Crippen molar-refractivity contribution < 1.29 is 14.3 Å². The number of aromatic nitrogens is 4. The smallest absolute Gasteiger partial charge is 0.346 e. The van der Waals surface area contributed by atoms with Gasteiger partial charge in [-0.05, 0) is 30.5 Å². The Hall–Kier alpha value is -4.52. The predicted molar refractivity (Wildman–Crippen MR) is 182 cm³/mol. The molecule has 7 rings (SSSR count). The summed E-state index contributed by atoms with van der Waals surface area (Å²) < 4.78 is 7.59. The number of hydrogen-bond donors (Lipinski definition) is 1. The number of ether oxygens (including phenoxy) is 1. The molecule has 1 atom stereocenters. The van der Waals surface area contributed by atoms with Gasteiger partial charge < -0.3 is 15.0 Å². The van der Waals surface area contributed by atoms with Gasteiger partial charge >= 0.3 is 5.69 Å². The van der Waals surface area contributed by atoms with Gasteiger partial charge in [-0.1, -0.05) is 53.5 Å². The molecule has 12 nitrogen and oxygen atoms in total. The van der Waals surface area contributed by atoms with Gasteiger partial charge in [0.1, 0.15) is 0 Å². The third-order valence-electron chi connectivity index (χ3n) is 9.69. The van der Waals surface area contributed by atoms with Crippen molar-refractivity contribution in [2.24, 2.45) is 19.5 Å². The van der Waals surface area contributed by atoms with Crippen LogP contribution in [0, 0.1) is 5.41 Å². The van der Waals surface area contributed by atoms with Crippen molar-refractivity contribution in [1.29, 1.82) is 0 Å². The van der Waals surface area contributed by atoms with Gasteiger partial charge in [-0.3, -0.25) is 23.9 Å². The van der Waals surface area contributed by atoms with Crippen LogP contribution in [0.5, 0.6) is 5.88 Å². The molecule has 2 aliphatic heterocycles. The van der Waals surface area contributed by atoms with Crippen LogP contribution in [-0.2, 0) is 25.3 Å². The Morgan fingerprint density at radius 2 is 1.65 bits per heavy atom. The lowest BCUT2D eigenvalue weighted by Gasteiger charge is -2.61. The van der Waals surface area contributed by atoms with E-state index < -0.39 is 22.9 Å². The summed E-state index contributed by atoms with van der Waals surface area (Å²) in [6, 6.07) is 13.0. The molecule has 2 fully saturated rings. The van der Waals surface area contributed by atoms with Crippen molar-refractivity contribution in [3.8, 4) is 28.3 Å². The number of rotatable bonds is 6. The standard InChI is InChI=1S/C34H33Cl2N7O5/c1-18(44)42-14-34(15-42)16-43(17-34)25-12-11-19-13-24(38-31(48-4)26(19)25)22-9-5-7-20(27(22)35)21-8-6-10-23(28(21)36)37-30(45)29-32(46)40(2)33(47)41(3)39-29/h5-10,13,25H,11-12,14-17H2,1-4H3,(H,37,45)/t25-/m0/s1. The summed E-state index contributed by atoms with van der Waals surface area (Å²) in [7, 11) is 4.26. The number of nitrogens with zero attached hydrogens (tertiary/aromatic N) is 6. The summed E-state index contributed by atoms with van der Waals surface area (Å²) in [6.45, 7) is 5.19. The summed E-state index contributed by atoms with van der Waals surface area (Å²) in [6.07, 6.45) is 1.85. The Morgan fingerprint density at radius 1 is 0.979 bits per heavy atom. The quantitative estimate of drug-likeness (QED) is 0.322. The van der Waals surface area contributed by atoms with Crippen LogP contribution in [0.15, 0.2) is 52.1 Å². The van der Waals surface area contributed by atoms with E-state index in [-0.39, 0.29) is 28.1 Å². The third kappa shape index (κ3) is 5.19. The Kier molecular flexibility index (Phi) is 7.92. The monoisotopic (exact) mass is 689 g/mol. The number of anilines is 1. The van der Waals surface area contributed by atoms with Crippen molar-refractivity contribution in [2.45, 2.75) is 25.8 Å². The number of amides is 2. The maximum Gasteiger partial charge on any atom is 0.346 e. The maximum atomic E-state index is 13.1. The van der Waals surface area contributed by atoms with Gasteiger partial charge in [-0.25, -0.2) is 14.5 Å². The Bertz CT molecular complexity index is 2130. The van der Waals surface area contributed by atoms with E-state index >= 15 is 0 Å². The van der Waals surface area contributed by atoms with Crippen molar-refractivity contribution >= 4 is 40.7 Å². The molecule has 2 aromatic heterocycles. The number of likely N-dealkylation sites (tertiary alicyclic amines) is 2. The number of benzene rings is 2. The highest BCUT2D eigenvalue weighted by Gasteiger charge is 2.55. The van der Waals surface area contributed by atoms with Crippen molar-refractivity contribution in [3.63, 3.8) is 0 Å². The zero-order valence-electron chi connectivity index (χ0n) is 26.8. The van der Waals surface area contributed by atoms with Gasteiger partial charge in [0.15, 0.2) is 0 Å². The van der Waals surface area contributed by atoms with Gasteiger partial charge in [-0.2, -0.15) is 5.10 Å². The number of aryl methyl sites for hydroxylation is 2. The lowest BCUT2D eigenvalue weighted by Crippen LogP contribution is -2.72. The van der Waals surface area contributed by atoms with Gasteiger partial charge in [0, 0.05) is 80.9 Å². The van der Waals surface area contributed by atoms with E-state index in [1.54, 1.807) is 32.2 Å². The zero-order valence-corrected chi connectivity index (χ0v) is 28.4. The SMILES string of the molecule is COc1nc(-c2cccc(-c3cccc(NC(=O)c4nn(C)c(=O)n(C)c4=O)c3Cl)c2Cl)cc2c1[C@@H](N1CC3(CN(C(C)=O)C3)C1)CC2. The fourth-order valence-corrected chi connectivity index (χ4v) is 7.86. The molecule has 4 heterocycles. The normalized spacial score (nSPS) is 17.9. The molecule has 0 unspecified atom stereocenters. The molecule has 3 aliphatic rings. The molecule has 1 spiro atoms. The molecular weight excluding hydrogens is 657 g/mol. The fraction of sp³-hybridized carbons (Fsp3) is 0.353. The van der Waals surface area contributed by atoms with E-state index in [0.717, 1.165) is 53.8 Å². The third-order valence-corrected chi connectivity index (χ3v) is 10.5. The number of pyridine rings is 1. The second kappa shape index (κ2) is 11.9. The summed E-state index contributed by atoms with van der Waals surface area (Å²) in [5.41, 5.74) is 3.36. The first-order chi connectivity index (χ1) is 22.9. The topological polar surface area (TPSA) is 132 Å². The highest BCUT2D eigenvalue weighted by Crippen LogP contribution is 2.50. The average molecular weight is 691 g/mol. The van der Waals surface area contributed by atoms with E-state index in [2.05, 4.69) is 21.4 Å². The molecule has 2 amide bonds. The van der Waals surface area contributed by atoms with Crippen LogP contribution >= 0.6 is 23.2 Å². The van der Waals surface area contributed by atoms with Crippen molar-refractivity contribution in [2.75, 3.05) is 38.6 Å². The molecule has 14 heteroatoms. The molecule has 0 saturated carbocycles. The molecule has 2 saturated heterocycles. The Morgan fingerprint density at radius 3 is 2.33 bits per heavy atom. The largest absolute Gasteiger partial charge is 0.481 e. The fourth-order valence-electron chi connectivity index (χ4n) is 7.26. The van der Waals surface area contributed by atoms with Crippen LogP contribution in [0.1, 0.15) is 41.0 Å².